The van der Waals surface area contributed by atoms with E-state index in [1.807, 2.05) is 28.9 Å². The van der Waals surface area contributed by atoms with Crippen molar-refractivity contribution in [3.05, 3.63) is 70.9 Å². The summed E-state index contributed by atoms with van der Waals surface area (Å²) in [5.74, 6) is 0. The number of fused-ring (bicyclic) bond motifs is 3. The van der Waals surface area contributed by atoms with Crippen LogP contribution in [0.5, 0.6) is 0 Å². The number of aliphatic hydroxyl groups is 1. The molecule has 0 spiro atoms. The Balaban J connectivity index is 1.69. The van der Waals surface area contributed by atoms with Crippen LogP contribution in [0.15, 0.2) is 54.7 Å². The number of rotatable bonds is 3. The van der Waals surface area contributed by atoms with Crippen LogP contribution in [0.4, 0.5) is 0 Å². The Labute approximate surface area is 133 Å². The maximum atomic E-state index is 10.6. The number of aliphatic hydroxyl groups excluding tert-OH is 1. The molecule has 1 aromatic heterocycles. The van der Waals surface area contributed by atoms with E-state index in [0.29, 0.717) is 11.4 Å². The van der Waals surface area contributed by atoms with Gasteiger partial charge in [-0.25, -0.2) is 4.68 Å². The molecule has 2 heterocycles. The third kappa shape index (κ3) is 2.12. The molecule has 0 bridgehead atoms. The van der Waals surface area contributed by atoms with Crippen LogP contribution in [-0.4, -0.2) is 20.1 Å². The molecule has 0 saturated heterocycles. The third-order valence-electron chi connectivity index (χ3n) is 4.15. The molecule has 1 aliphatic rings. The summed E-state index contributed by atoms with van der Waals surface area (Å²) in [6.45, 7) is 0. The van der Waals surface area contributed by atoms with Crippen molar-refractivity contribution >= 4 is 11.6 Å². The molecule has 0 amide bonds. The van der Waals surface area contributed by atoms with Gasteiger partial charge in [0, 0.05) is 17.0 Å². The smallest absolute Gasteiger partial charge is 0.0896 e. The predicted octanol–water partition coefficient (Wildman–Crippen LogP) is 3.63. The van der Waals surface area contributed by atoms with Crippen LogP contribution in [0.2, 0.25) is 5.02 Å². The summed E-state index contributed by atoms with van der Waals surface area (Å²) >= 11 is 6.01. The lowest BCUT2D eigenvalue weighted by atomic mass is 9.96. The summed E-state index contributed by atoms with van der Waals surface area (Å²) in [4.78, 5) is 0. The highest BCUT2D eigenvalue weighted by Gasteiger charge is 2.31. The SMILES string of the molecule is OC(CC1c2ccccc2-c2cnnn21)c1cccc(Cl)c1. The van der Waals surface area contributed by atoms with E-state index in [-0.39, 0.29) is 6.04 Å². The second kappa shape index (κ2) is 5.23. The first-order chi connectivity index (χ1) is 10.7. The highest BCUT2D eigenvalue weighted by Crippen LogP contribution is 2.42. The summed E-state index contributed by atoms with van der Waals surface area (Å²) in [5.41, 5.74) is 4.13. The quantitative estimate of drug-likeness (QED) is 0.803. The molecule has 0 aliphatic carbocycles. The fraction of sp³-hybridized carbons (Fsp3) is 0.176. The molecule has 2 unspecified atom stereocenters. The van der Waals surface area contributed by atoms with Crippen LogP contribution < -0.4 is 0 Å². The van der Waals surface area contributed by atoms with E-state index in [1.54, 1.807) is 18.3 Å². The van der Waals surface area contributed by atoms with Crippen LogP contribution in [-0.2, 0) is 0 Å². The van der Waals surface area contributed by atoms with E-state index in [0.717, 1.165) is 16.8 Å². The number of benzene rings is 2. The lowest BCUT2D eigenvalue weighted by Gasteiger charge is -2.18. The maximum Gasteiger partial charge on any atom is 0.0896 e. The average molecular weight is 312 g/mol. The highest BCUT2D eigenvalue weighted by molar-refractivity contribution is 6.30. The minimum Gasteiger partial charge on any atom is -0.388 e. The lowest BCUT2D eigenvalue weighted by molar-refractivity contribution is 0.151. The van der Waals surface area contributed by atoms with Gasteiger partial charge in [-0.15, -0.1) is 5.10 Å². The van der Waals surface area contributed by atoms with Crippen molar-refractivity contribution in [2.75, 3.05) is 0 Å². The van der Waals surface area contributed by atoms with Crippen molar-refractivity contribution < 1.29 is 5.11 Å². The summed E-state index contributed by atoms with van der Waals surface area (Å²) in [7, 11) is 0. The van der Waals surface area contributed by atoms with Gasteiger partial charge in [0.1, 0.15) is 0 Å². The molecular formula is C17H14ClN3O. The van der Waals surface area contributed by atoms with Crippen LogP contribution >= 0.6 is 11.6 Å². The molecule has 0 fully saturated rings. The molecule has 1 aliphatic heterocycles. The van der Waals surface area contributed by atoms with Crippen molar-refractivity contribution in [1.82, 2.24) is 15.0 Å². The molecule has 5 heteroatoms. The van der Waals surface area contributed by atoms with Gasteiger partial charge in [0.15, 0.2) is 0 Å². The first kappa shape index (κ1) is 13.5. The van der Waals surface area contributed by atoms with Gasteiger partial charge < -0.3 is 5.11 Å². The van der Waals surface area contributed by atoms with Crippen molar-refractivity contribution in [3.63, 3.8) is 0 Å². The number of nitrogens with zero attached hydrogens (tertiary/aromatic N) is 3. The van der Waals surface area contributed by atoms with E-state index in [1.165, 1.54) is 5.56 Å². The van der Waals surface area contributed by atoms with Gasteiger partial charge in [-0.3, -0.25) is 0 Å². The average Bonchev–Trinajstić information content (AvgIpc) is 3.10. The molecule has 2 aromatic carbocycles. The molecule has 4 rings (SSSR count). The highest BCUT2D eigenvalue weighted by atomic mass is 35.5. The van der Waals surface area contributed by atoms with Crippen molar-refractivity contribution in [2.45, 2.75) is 18.6 Å². The first-order valence-corrected chi connectivity index (χ1v) is 7.55. The third-order valence-corrected chi connectivity index (χ3v) is 4.38. The Morgan fingerprint density at radius 3 is 2.91 bits per heavy atom. The molecular weight excluding hydrogens is 298 g/mol. The van der Waals surface area contributed by atoms with Crippen LogP contribution in [0.1, 0.15) is 29.7 Å². The van der Waals surface area contributed by atoms with Crippen molar-refractivity contribution in [1.29, 1.82) is 0 Å². The Morgan fingerprint density at radius 1 is 1.18 bits per heavy atom. The molecule has 22 heavy (non-hydrogen) atoms. The Kier molecular flexibility index (Phi) is 3.21. The zero-order valence-electron chi connectivity index (χ0n) is 11.7. The van der Waals surface area contributed by atoms with E-state index < -0.39 is 6.10 Å². The molecule has 4 nitrogen and oxygen atoms in total. The Bertz CT molecular complexity index is 830. The van der Waals surface area contributed by atoms with Gasteiger partial charge in [-0.1, -0.05) is 53.2 Å². The van der Waals surface area contributed by atoms with Gasteiger partial charge in [0.25, 0.3) is 0 Å². The second-order valence-electron chi connectivity index (χ2n) is 5.47. The molecule has 0 saturated carbocycles. The fourth-order valence-corrected chi connectivity index (χ4v) is 3.31. The largest absolute Gasteiger partial charge is 0.388 e. The van der Waals surface area contributed by atoms with Gasteiger partial charge in [0.05, 0.1) is 24.0 Å². The lowest BCUT2D eigenvalue weighted by Crippen LogP contribution is -2.12. The number of halogens is 1. The summed E-state index contributed by atoms with van der Waals surface area (Å²) in [5, 5.41) is 19.4. The van der Waals surface area contributed by atoms with Crippen LogP contribution in [0.25, 0.3) is 11.3 Å². The summed E-state index contributed by atoms with van der Waals surface area (Å²) in [6, 6.07) is 15.5. The Hall–Kier alpha value is -2.17. The number of hydrogen-bond donors (Lipinski definition) is 1. The van der Waals surface area contributed by atoms with Gasteiger partial charge in [-0.2, -0.15) is 0 Å². The second-order valence-corrected chi connectivity index (χ2v) is 5.91. The van der Waals surface area contributed by atoms with Crippen molar-refractivity contribution in [3.8, 4) is 11.3 Å². The van der Waals surface area contributed by atoms with E-state index in [2.05, 4.69) is 22.4 Å². The maximum absolute atomic E-state index is 10.6. The van der Waals surface area contributed by atoms with E-state index in [4.69, 9.17) is 11.6 Å². The van der Waals surface area contributed by atoms with Gasteiger partial charge >= 0.3 is 0 Å². The first-order valence-electron chi connectivity index (χ1n) is 7.17. The van der Waals surface area contributed by atoms with Crippen LogP contribution in [0, 0.1) is 0 Å². The van der Waals surface area contributed by atoms with E-state index >= 15 is 0 Å². The van der Waals surface area contributed by atoms with E-state index in [9.17, 15) is 5.11 Å². The minimum absolute atomic E-state index is 0.0114. The monoisotopic (exact) mass is 311 g/mol. The molecule has 1 N–H and O–H groups in total. The normalized spacial score (nSPS) is 17.1. The zero-order valence-corrected chi connectivity index (χ0v) is 12.5. The fourth-order valence-electron chi connectivity index (χ4n) is 3.11. The van der Waals surface area contributed by atoms with Gasteiger partial charge in [0.2, 0.25) is 0 Å². The molecule has 110 valence electrons. The Morgan fingerprint density at radius 2 is 2.05 bits per heavy atom. The van der Waals surface area contributed by atoms with Crippen LogP contribution in [0.3, 0.4) is 0 Å². The molecule has 2 atom stereocenters. The topological polar surface area (TPSA) is 50.9 Å². The standard InChI is InChI=1S/C17H14ClN3O/c18-12-5-3-4-11(8-12)17(22)9-15-13-6-1-2-7-14(13)16-10-19-20-21(15)16/h1-8,10,15,17,22H,9H2. The van der Waals surface area contributed by atoms with Gasteiger partial charge in [-0.05, 0) is 23.3 Å². The number of aromatic nitrogens is 3. The predicted molar refractivity (Wildman–Crippen MR) is 84.6 cm³/mol. The number of hydrogen-bond acceptors (Lipinski definition) is 3. The summed E-state index contributed by atoms with van der Waals surface area (Å²) in [6.07, 6.45) is 1.70. The summed E-state index contributed by atoms with van der Waals surface area (Å²) < 4.78 is 1.89. The molecule has 3 aromatic rings. The zero-order chi connectivity index (χ0) is 15.1. The minimum atomic E-state index is -0.605. The van der Waals surface area contributed by atoms with Crippen molar-refractivity contribution in [2.24, 2.45) is 0 Å². The molecule has 0 radical (unpaired) electrons.